The molecule has 1 heterocycles. The topological polar surface area (TPSA) is 79.9 Å². The summed E-state index contributed by atoms with van der Waals surface area (Å²) >= 11 is 1.69. The predicted molar refractivity (Wildman–Crippen MR) is 129 cm³/mol. The molecule has 3 rings (SSSR count). The van der Waals surface area contributed by atoms with Crippen LogP contribution in [0.25, 0.3) is 0 Å². The number of ether oxygens (including phenoxy) is 2. The number of hydrogen-bond acceptors (Lipinski definition) is 5. The quantitative estimate of drug-likeness (QED) is 0.574. The van der Waals surface area contributed by atoms with Crippen LogP contribution >= 0.6 is 11.8 Å². The first-order valence-electron chi connectivity index (χ1n) is 11.6. The molecule has 1 fully saturated rings. The van der Waals surface area contributed by atoms with Gasteiger partial charge in [0.1, 0.15) is 6.04 Å². The van der Waals surface area contributed by atoms with E-state index in [2.05, 4.69) is 10.6 Å². The van der Waals surface area contributed by atoms with Crippen LogP contribution in [0.2, 0.25) is 0 Å². The first-order chi connectivity index (χ1) is 15.5. The van der Waals surface area contributed by atoms with Crippen LogP contribution in [0.3, 0.4) is 0 Å². The molecule has 1 aromatic carbocycles. The van der Waals surface area contributed by atoms with Crippen LogP contribution in [-0.4, -0.2) is 61.7 Å². The highest BCUT2D eigenvalue weighted by molar-refractivity contribution is 7.98. The Hall–Kier alpha value is -2.09. The highest BCUT2D eigenvalue weighted by Crippen LogP contribution is 2.33. The fourth-order valence-corrected chi connectivity index (χ4v) is 5.00. The summed E-state index contributed by atoms with van der Waals surface area (Å²) in [5.74, 6) is 2.14. The van der Waals surface area contributed by atoms with Gasteiger partial charge in [0.25, 0.3) is 0 Å². The standard InChI is InChI=1S/C24H37N3O4S/c1-30-21-14-17-10-12-27(16-18(17)15-22(21)31-2)24(29)26-20(11-13-32-3)23(28)25-19-8-6-4-5-7-9-19/h14-15,19-20H,4-13,16H2,1-3H3,(H,25,28)(H,26,29)/t20-/m1/s1. The second-order valence-corrected chi connectivity index (χ2v) is 9.61. The van der Waals surface area contributed by atoms with E-state index in [9.17, 15) is 9.59 Å². The van der Waals surface area contributed by atoms with Crippen molar-refractivity contribution in [3.63, 3.8) is 0 Å². The second kappa shape index (κ2) is 12.2. The number of methoxy groups -OCH3 is 2. The van der Waals surface area contributed by atoms with Crippen molar-refractivity contribution in [3.8, 4) is 11.5 Å². The van der Waals surface area contributed by atoms with Crippen molar-refractivity contribution in [3.05, 3.63) is 23.3 Å². The molecule has 0 spiro atoms. The number of benzene rings is 1. The van der Waals surface area contributed by atoms with E-state index in [4.69, 9.17) is 9.47 Å². The molecule has 2 N–H and O–H groups in total. The predicted octanol–water partition coefficient (Wildman–Crippen LogP) is 3.73. The summed E-state index contributed by atoms with van der Waals surface area (Å²) in [6, 6.07) is 3.46. The van der Waals surface area contributed by atoms with Gasteiger partial charge in [-0.1, -0.05) is 25.7 Å². The second-order valence-electron chi connectivity index (χ2n) is 8.63. The normalized spacial score (nSPS) is 17.7. The summed E-state index contributed by atoms with van der Waals surface area (Å²) < 4.78 is 10.8. The summed E-state index contributed by atoms with van der Waals surface area (Å²) in [5, 5.41) is 6.22. The number of nitrogens with zero attached hydrogens (tertiary/aromatic N) is 1. The first-order valence-corrected chi connectivity index (χ1v) is 13.0. The van der Waals surface area contributed by atoms with Gasteiger partial charge in [-0.25, -0.2) is 4.79 Å². The zero-order valence-corrected chi connectivity index (χ0v) is 20.4. The maximum Gasteiger partial charge on any atom is 0.318 e. The van der Waals surface area contributed by atoms with Crippen molar-refractivity contribution in [1.29, 1.82) is 0 Å². The minimum Gasteiger partial charge on any atom is -0.493 e. The number of carbonyl (C=O) groups is 2. The average Bonchev–Trinajstić information content (AvgIpc) is 3.08. The zero-order valence-electron chi connectivity index (χ0n) is 19.6. The molecule has 178 valence electrons. The van der Waals surface area contributed by atoms with E-state index in [0.29, 0.717) is 31.0 Å². The number of urea groups is 1. The van der Waals surface area contributed by atoms with Gasteiger partial charge in [-0.2, -0.15) is 11.8 Å². The van der Waals surface area contributed by atoms with Crippen LogP contribution in [-0.2, 0) is 17.8 Å². The molecule has 1 aliphatic heterocycles. The summed E-state index contributed by atoms with van der Waals surface area (Å²) in [4.78, 5) is 27.9. The van der Waals surface area contributed by atoms with Crippen molar-refractivity contribution in [1.82, 2.24) is 15.5 Å². The Balaban J connectivity index is 1.63. The first kappa shape index (κ1) is 24.6. The van der Waals surface area contributed by atoms with Gasteiger partial charge in [-0.3, -0.25) is 4.79 Å². The van der Waals surface area contributed by atoms with Gasteiger partial charge in [-0.15, -0.1) is 0 Å². The smallest absolute Gasteiger partial charge is 0.318 e. The molecule has 1 saturated carbocycles. The molecular formula is C24H37N3O4S. The zero-order chi connectivity index (χ0) is 22.9. The van der Waals surface area contributed by atoms with E-state index >= 15 is 0 Å². The van der Waals surface area contributed by atoms with Crippen molar-refractivity contribution >= 4 is 23.7 Å². The SMILES string of the molecule is COc1cc2c(cc1OC)CN(C(=O)N[C@H](CCSC)C(=O)NC1CCCCCC1)CC2. The maximum atomic E-state index is 13.1. The Bertz CT molecular complexity index is 781. The van der Waals surface area contributed by atoms with Crippen LogP contribution in [0.15, 0.2) is 12.1 Å². The van der Waals surface area contributed by atoms with E-state index in [1.165, 1.54) is 12.8 Å². The van der Waals surface area contributed by atoms with Crippen LogP contribution in [0, 0.1) is 0 Å². The van der Waals surface area contributed by atoms with Crippen LogP contribution in [0.1, 0.15) is 56.1 Å². The molecule has 0 aromatic heterocycles. The van der Waals surface area contributed by atoms with Crippen LogP contribution in [0.5, 0.6) is 11.5 Å². The van der Waals surface area contributed by atoms with Crippen LogP contribution < -0.4 is 20.1 Å². The molecule has 0 bridgehead atoms. The molecule has 32 heavy (non-hydrogen) atoms. The number of hydrogen-bond donors (Lipinski definition) is 2. The monoisotopic (exact) mass is 463 g/mol. The Morgan fingerprint density at radius 3 is 2.38 bits per heavy atom. The minimum atomic E-state index is -0.509. The van der Waals surface area contributed by atoms with E-state index in [0.717, 1.165) is 49.0 Å². The Kier molecular flexibility index (Phi) is 9.38. The molecule has 1 aromatic rings. The number of nitrogens with one attached hydrogen (secondary N) is 2. The molecule has 1 atom stereocenters. The van der Waals surface area contributed by atoms with Crippen molar-refractivity contribution in [2.75, 3.05) is 32.8 Å². The number of carbonyl (C=O) groups excluding carboxylic acids is 2. The number of thioether (sulfide) groups is 1. The summed E-state index contributed by atoms with van der Waals surface area (Å²) in [6.45, 7) is 1.09. The van der Waals surface area contributed by atoms with Gasteiger partial charge in [-0.05, 0) is 61.0 Å². The van der Waals surface area contributed by atoms with E-state index in [-0.39, 0.29) is 18.0 Å². The van der Waals surface area contributed by atoms with Crippen LogP contribution in [0.4, 0.5) is 4.79 Å². The Morgan fingerprint density at radius 2 is 1.75 bits per heavy atom. The molecule has 0 saturated heterocycles. The third-order valence-electron chi connectivity index (χ3n) is 6.43. The van der Waals surface area contributed by atoms with E-state index in [1.54, 1.807) is 30.9 Å². The van der Waals surface area contributed by atoms with Crippen molar-refractivity contribution in [2.24, 2.45) is 0 Å². The highest BCUT2D eigenvalue weighted by atomic mass is 32.2. The highest BCUT2D eigenvalue weighted by Gasteiger charge is 2.28. The summed E-state index contributed by atoms with van der Waals surface area (Å²) in [5.41, 5.74) is 2.21. The minimum absolute atomic E-state index is 0.0527. The maximum absolute atomic E-state index is 13.1. The molecule has 0 unspecified atom stereocenters. The summed E-state index contributed by atoms with van der Waals surface area (Å²) in [7, 11) is 3.24. The molecular weight excluding hydrogens is 426 g/mol. The van der Waals surface area contributed by atoms with Gasteiger partial charge >= 0.3 is 6.03 Å². The molecule has 8 heteroatoms. The number of amides is 3. The van der Waals surface area contributed by atoms with Crippen molar-refractivity contribution < 1.29 is 19.1 Å². The van der Waals surface area contributed by atoms with E-state index in [1.807, 2.05) is 18.4 Å². The molecule has 1 aliphatic carbocycles. The van der Waals surface area contributed by atoms with Gasteiger partial charge in [0, 0.05) is 19.1 Å². The van der Waals surface area contributed by atoms with Gasteiger partial charge < -0.3 is 25.0 Å². The lowest BCUT2D eigenvalue weighted by Crippen LogP contribution is -2.53. The third-order valence-corrected chi connectivity index (χ3v) is 7.08. The molecule has 7 nitrogen and oxygen atoms in total. The Morgan fingerprint density at radius 1 is 1.09 bits per heavy atom. The van der Waals surface area contributed by atoms with E-state index < -0.39 is 6.04 Å². The van der Waals surface area contributed by atoms with Gasteiger partial charge in [0.2, 0.25) is 5.91 Å². The Labute approximate surface area is 196 Å². The lowest BCUT2D eigenvalue weighted by Gasteiger charge is -2.31. The number of fused-ring (bicyclic) bond motifs is 1. The number of rotatable bonds is 8. The molecule has 2 aliphatic rings. The molecule has 0 radical (unpaired) electrons. The summed E-state index contributed by atoms with van der Waals surface area (Å²) in [6.07, 6.45) is 10.3. The lowest BCUT2D eigenvalue weighted by molar-refractivity contribution is -0.123. The van der Waals surface area contributed by atoms with Gasteiger partial charge in [0.05, 0.1) is 14.2 Å². The average molecular weight is 464 g/mol. The largest absolute Gasteiger partial charge is 0.493 e. The fraction of sp³-hybridized carbons (Fsp3) is 0.667. The lowest BCUT2D eigenvalue weighted by atomic mass is 9.99. The van der Waals surface area contributed by atoms with Crippen molar-refractivity contribution in [2.45, 2.75) is 70.0 Å². The third kappa shape index (κ3) is 6.47. The van der Waals surface area contributed by atoms with Gasteiger partial charge in [0.15, 0.2) is 11.5 Å². The fourth-order valence-electron chi connectivity index (χ4n) is 4.53. The molecule has 3 amide bonds.